The number of ketones is 1. The minimum atomic E-state index is -0.0986. The molecule has 0 radical (unpaired) electrons. The normalized spacial score (nSPS) is 15.1. The maximum Gasteiger partial charge on any atom is 0.228 e. The highest BCUT2D eigenvalue weighted by molar-refractivity contribution is 6.13. The van der Waals surface area contributed by atoms with Crippen LogP contribution in [0.4, 0.5) is 17.1 Å². The molecule has 0 saturated carbocycles. The highest BCUT2D eigenvalue weighted by Crippen LogP contribution is 2.51. The molecule has 248 valence electrons. The van der Waals surface area contributed by atoms with Crippen molar-refractivity contribution < 1.29 is 9.53 Å². The number of anilines is 3. The molecule has 0 N–H and O–H groups in total. The number of rotatable bonds is 4. The molecule has 51 heavy (non-hydrogen) atoms. The highest BCUT2D eigenvalue weighted by atomic mass is 16.5. The number of carbonyl (C=O) groups is 1. The van der Waals surface area contributed by atoms with E-state index in [1.807, 2.05) is 30.3 Å². The van der Waals surface area contributed by atoms with Gasteiger partial charge in [-0.25, -0.2) is 0 Å². The van der Waals surface area contributed by atoms with Crippen molar-refractivity contribution in [1.82, 2.24) is 0 Å². The third-order valence-electron chi connectivity index (χ3n) is 10.9. The third-order valence-corrected chi connectivity index (χ3v) is 10.9. The third kappa shape index (κ3) is 5.07. The van der Waals surface area contributed by atoms with Gasteiger partial charge >= 0.3 is 0 Å². The number of carbonyl (C=O) groups excluding carboxylic acids is 1. The maximum absolute atomic E-state index is 13.6. The first kappa shape index (κ1) is 31.1. The lowest BCUT2D eigenvalue weighted by molar-refractivity contribution is 0.0871. The number of Topliss-reactive ketones (excluding diaryl/α,β-unsaturated/α-hetero) is 1. The number of hydrogen-bond donors (Lipinski definition) is 0. The van der Waals surface area contributed by atoms with Crippen molar-refractivity contribution in [3.05, 3.63) is 178 Å². The van der Waals surface area contributed by atoms with Gasteiger partial charge in [0, 0.05) is 27.9 Å². The van der Waals surface area contributed by atoms with Crippen LogP contribution in [0.3, 0.4) is 0 Å². The van der Waals surface area contributed by atoms with Gasteiger partial charge in [-0.05, 0) is 130 Å². The predicted molar refractivity (Wildman–Crippen MR) is 211 cm³/mol. The van der Waals surface area contributed by atoms with E-state index in [2.05, 4.69) is 143 Å². The Morgan fingerprint density at radius 3 is 2.04 bits per heavy atom. The van der Waals surface area contributed by atoms with Crippen molar-refractivity contribution >= 4 is 50.5 Å². The molecule has 3 heteroatoms. The summed E-state index contributed by atoms with van der Waals surface area (Å²) in [7, 11) is 0. The highest BCUT2D eigenvalue weighted by Gasteiger charge is 2.36. The molecule has 3 nitrogen and oxygen atoms in total. The van der Waals surface area contributed by atoms with Crippen LogP contribution in [0.1, 0.15) is 63.1 Å². The SMILES string of the molecule is Cc1cc(C)c(N(c2ccc3c(c2)C(C)(C)c2ccccc2-3)c2ccc3cc(/C=C4/OCc5cc6ccccc6cc5C4=O)ccc3c2)c(C)c1. The number of nitrogens with zero attached hydrogens (tertiary/aromatic N) is 1. The van der Waals surface area contributed by atoms with Gasteiger partial charge in [-0.15, -0.1) is 0 Å². The van der Waals surface area contributed by atoms with Crippen LogP contribution >= 0.6 is 0 Å². The monoisotopic (exact) mass is 661 g/mol. The Morgan fingerprint density at radius 2 is 1.24 bits per heavy atom. The number of fused-ring (bicyclic) bond motifs is 6. The molecule has 9 rings (SSSR count). The van der Waals surface area contributed by atoms with Gasteiger partial charge in [0.15, 0.2) is 5.76 Å². The van der Waals surface area contributed by atoms with E-state index >= 15 is 0 Å². The summed E-state index contributed by atoms with van der Waals surface area (Å²) in [6.07, 6.45) is 1.88. The topological polar surface area (TPSA) is 29.5 Å². The molecule has 1 aliphatic heterocycles. The van der Waals surface area contributed by atoms with Crippen molar-refractivity contribution in [1.29, 1.82) is 0 Å². The Bertz CT molecular complexity index is 2600. The molecule has 0 spiro atoms. The molecular weight excluding hydrogens is 623 g/mol. The lowest BCUT2D eigenvalue weighted by Gasteiger charge is -2.31. The van der Waals surface area contributed by atoms with E-state index < -0.39 is 0 Å². The molecule has 1 aliphatic carbocycles. The van der Waals surface area contributed by atoms with Crippen molar-refractivity contribution in [3.63, 3.8) is 0 Å². The molecule has 1 heterocycles. The number of ether oxygens (including phenoxy) is 1. The molecule has 2 aliphatic rings. The molecule has 0 bridgehead atoms. The van der Waals surface area contributed by atoms with Crippen molar-refractivity contribution in [2.75, 3.05) is 4.90 Å². The summed E-state index contributed by atoms with van der Waals surface area (Å²) >= 11 is 0. The van der Waals surface area contributed by atoms with Gasteiger partial charge in [-0.2, -0.15) is 0 Å². The van der Waals surface area contributed by atoms with Crippen LogP contribution in [0, 0.1) is 20.8 Å². The first-order valence-electron chi connectivity index (χ1n) is 17.7. The predicted octanol–water partition coefficient (Wildman–Crippen LogP) is 12.4. The Morgan fingerprint density at radius 1 is 0.608 bits per heavy atom. The van der Waals surface area contributed by atoms with Crippen LogP contribution in [0.25, 0.3) is 38.7 Å². The zero-order valence-corrected chi connectivity index (χ0v) is 29.7. The Balaban J connectivity index is 1.11. The van der Waals surface area contributed by atoms with E-state index in [1.165, 1.54) is 44.6 Å². The fourth-order valence-corrected chi connectivity index (χ4v) is 8.47. The fraction of sp³-hybridized carbons (Fsp3) is 0.146. The van der Waals surface area contributed by atoms with Gasteiger partial charge in [0.25, 0.3) is 0 Å². The van der Waals surface area contributed by atoms with Crippen LogP contribution in [-0.2, 0) is 16.8 Å². The second kappa shape index (κ2) is 11.6. The minimum Gasteiger partial charge on any atom is -0.485 e. The van der Waals surface area contributed by atoms with E-state index in [-0.39, 0.29) is 11.2 Å². The van der Waals surface area contributed by atoms with Crippen LogP contribution in [0.2, 0.25) is 0 Å². The van der Waals surface area contributed by atoms with E-state index in [0.29, 0.717) is 12.4 Å². The average molecular weight is 662 g/mol. The average Bonchev–Trinajstić information content (AvgIpc) is 3.35. The van der Waals surface area contributed by atoms with Gasteiger partial charge in [-0.1, -0.05) is 104 Å². The zero-order chi connectivity index (χ0) is 35.0. The molecule has 0 unspecified atom stereocenters. The van der Waals surface area contributed by atoms with Crippen molar-refractivity contribution in [3.8, 4) is 11.1 Å². The Hall–Kier alpha value is -5.93. The van der Waals surface area contributed by atoms with Crippen LogP contribution in [-0.4, -0.2) is 5.78 Å². The second-order valence-electron chi connectivity index (χ2n) is 14.8. The molecule has 7 aromatic rings. The van der Waals surface area contributed by atoms with Gasteiger partial charge < -0.3 is 9.64 Å². The fourth-order valence-electron chi connectivity index (χ4n) is 8.47. The van der Waals surface area contributed by atoms with Crippen LogP contribution in [0.5, 0.6) is 0 Å². The number of allylic oxidation sites excluding steroid dienone is 1. The van der Waals surface area contributed by atoms with Gasteiger partial charge in [0.05, 0.1) is 5.69 Å². The molecule has 0 saturated heterocycles. The van der Waals surface area contributed by atoms with Crippen LogP contribution < -0.4 is 4.90 Å². The van der Waals surface area contributed by atoms with Crippen molar-refractivity contribution in [2.45, 2.75) is 46.6 Å². The molecule has 0 fully saturated rings. The molecular formula is C48H39NO2. The maximum atomic E-state index is 13.6. The standard InChI is InChI=1S/C48H39NO2/c1-29-20-30(2)46(31(3)21-29)49(39-18-19-41-40-12-8-9-13-43(40)48(4,5)44(41)27-39)38-17-16-35-22-32(14-15-36(35)25-38)23-45-47(50)42-26-34-11-7-6-10-33(34)24-37(42)28-51-45/h6-27H,28H2,1-5H3/b45-23+. The van der Waals surface area contributed by atoms with Gasteiger partial charge in [0.1, 0.15) is 6.61 Å². The number of aryl methyl sites for hydroxylation is 3. The summed E-state index contributed by atoms with van der Waals surface area (Å²) < 4.78 is 6.03. The van der Waals surface area contributed by atoms with Crippen LogP contribution in [0.15, 0.2) is 133 Å². The van der Waals surface area contributed by atoms with Gasteiger partial charge in [-0.3, -0.25) is 4.79 Å². The van der Waals surface area contributed by atoms with Crippen molar-refractivity contribution in [2.24, 2.45) is 0 Å². The smallest absolute Gasteiger partial charge is 0.228 e. The lowest BCUT2D eigenvalue weighted by Crippen LogP contribution is -2.17. The summed E-state index contributed by atoms with van der Waals surface area (Å²) in [5.41, 5.74) is 15.0. The molecule has 0 aromatic heterocycles. The molecule has 0 atom stereocenters. The molecule has 0 amide bonds. The van der Waals surface area contributed by atoms with E-state index in [1.54, 1.807) is 0 Å². The van der Waals surface area contributed by atoms with E-state index in [0.717, 1.165) is 49.6 Å². The largest absolute Gasteiger partial charge is 0.485 e. The minimum absolute atomic E-state index is 0.0717. The number of benzene rings is 7. The Kier molecular flexibility index (Phi) is 7.05. The summed E-state index contributed by atoms with van der Waals surface area (Å²) in [6.45, 7) is 11.7. The Labute approximate surface area is 299 Å². The first-order chi connectivity index (χ1) is 24.7. The molecule has 7 aromatic carbocycles. The lowest BCUT2D eigenvalue weighted by atomic mass is 9.82. The quantitative estimate of drug-likeness (QED) is 0.176. The van der Waals surface area contributed by atoms with E-state index in [4.69, 9.17) is 4.74 Å². The second-order valence-corrected chi connectivity index (χ2v) is 14.8. The zero-order valence-electron chi connectivity index (χ0n) is 29.7. The summed E-state index contributed by atoms with van der Waals surface area (Å²) in [6, 6.07) is 45.6. The number of hydrogen-bond acceptors (Lipinski definition) is 3. The van der Waals surface area contributed by atoms with E-state index in [9.17, 15) is 4.79 Å². The first-order valence-corrected chi connectivity index (χ1v) is 17.7. The van der Waals surface area contributed by atoms with Gasteiger partial charge in [0.2, 0.25) is 5.78 Å². The summed E-state index contributed by atoms with van der Waals surface area (Å²) in [4.78, 5) is 16.0. The summed E-state index contributed by atoms with van der Waals surface area (Å²) in [5, 5.41) is 4.41. The summed E-state index contributed by atoms with van der Waals surface area (Å²) in [5.74, 6) is 0.310.